The summed E-state index contributed by atoms with van der Waals surface area (Å²) in [5, 5.41) is 2.90. The fraction of sp³-hybridized carbons (Fsp3) is 0.375. The molecule has 2 amide bonds. The zero-order valence-corrected chi connectivity index (χ0v) is 25.0. The summed E-state index contributed by atoms with van der Waals surface area (Å²) in [5.74, 6) is -0.401. The first-order valence-electron chi connectivity index (χ1n) is 13.7. The van der Waals surface area contributed by atoms with Gasteiger partial charge in [-0.1, -0.05) is 72.3 Å². The normalized spacial score (nSPS) is 12.0. The molecular weight excluding hydrogens is 522 g/mol. The topological polar surface area (TPSA) is 86.8 Å². The zero-order chi connectivity index (χ0) is 29.3. The van der Waals surface area contributed by atoms with Gasteiger partial charge in [0.2, 0.25) is 21.8 Å². The molecule has 0 aliphatic carbocycles. The van der Waals surface area contributed by atoms with Crippen molar-refractivity contribution in [3.8, 4) is 0 Å². The number of sulfonamides is 1. The number of carbonyl (C=O) groups excluding carboxylic acids is 2. The highest BCUT2D eigenvalue weighted by Crippen LogP contribution is 2.26. The Morgan fingerprint density at radius 3 is 2.17 bits per heavy atom. The molecule has 1 N–H and O–H groups in total. The minimum absolute atomic E-state index is 0.105. The van der Waals surface area contributed by atoms with E-state index in [1.807, 2.05) is 94.4 Å². The number of hydrogen-bond donors (Lipinski definition) is 1. The first-order chi connectivity index (χ1) is 19.0. The van der Waals surface area contributed by atoms with Crippen molar-refractivity contribution >= 4 is 27.5 Å². The second-order valence-electron chi connectivity index (χ2n) is 10.3. The Morgan fingerprint density at radius 1 is 0.875 bits per heavy atom. The van der Waals surface area contributed by atoms with Crippen LogP contribution in [0.3, 0.4) is 0 Å². The molecule has 0 fully saturated rings. The number of nitrogens with one attached hydrogen (secondary N) is 1. The van der Waals surface area contributed by atoms with Crippen molar-refractivity contribution in [3.05, 3.63) is 101 Å². The fourth-order valence-electron chi connectivity index (χ4n) is 4.72. The second kappa shape index (κ2) is 14.1. The van der Waals surface area contributed by atoms with Gasteiger partial charge in [-0.05, 0) is 62.4 Å². The molecule has 0 saturated heterocycles. The van der Waals surface area contributed by atoms with Crippen LogP contribution in [-0.4, -0.2) is 50.5 Å². The predicted molar refractivity (Wildman–Crippen MR) is 162 cm³/mol. The lowest BCUT2D eigenvalue weighted by Crippen LogP contribution is -2.50. The Hall–Kier alpha value is -3.65. The first-order valence-corrected chi connectivity index (χ1v) is 15.6. The SMILES string of the molecule is CCNC(=O)[C@H](Cc1ccccc1)N(Cc1ccc(C)cc1)C(=O)CCCN(c1cccc(C)c1C)S(C)(=O)=O. The highest BCUT2D eigenvalue weighted by molar-refractivity contribution is 7.92. The molecule has 1 atom stereocenters. The van der Waals surface area contributed by atoms with Crippen molar-refractivity contribution in [2.45, 2.75) is 59.5 Å². The lowest BCUT2D eigenvalue weighted by molar-refractivity contribution is -0.141. The van der Waals surface area contributed by atoms with E-state index in [1.165, 1.54) is 10.6 Å². The standard InChI is InChI=1S/C32H41N3O4S/c1-6-33-32(37)30(22-27-13-8-7-9-14-27)34(23-28-19-17-24(2)18-20-28)31(36)16-11-21-35(40(5,38)39)29-15-10-12-25(3)26(29)4/h7-10,12-15,17-20,30H,6,11,16,21-23H2,1-5H3,(H,33,37)/t30-/m0/s1. The minimum Gasteiger partial charge on any atom is -0.355 e. The summed E-state index contributed by atoms with van der Waals surface area (Å²) in [4.78, 5) is 28.8. The third kappa shape index (κ3) is 8.42. The Labute approximate surface area is 239 Å². The van der Waals surface area contributed by atoms with Crippen LogP contribution in [0.1, 0.15) is 47.6 Å². The average molecular weight is 564 g/mol. The number of aryl methyl sites for hydroxylation is 2. The van der Waals surface area contributed by atoms with Gasteiger partial charge in [-0.2, -0.15) is 0 Å². The van der Waals surface area contributed by atoms with Crippen LogP contribution in [0.25, 0.3) is 0 Å². The van der Waals surface area contributed by atoms with E-state index < -0.39 is 16.1 Å². The number of nitrogens with zero attached hydrogens (tertiary/aromatic N) is 2. The number of carbonyl (C=O) groups is 2. The van der Waals surface area contributed by atoms with Gasteiger partial charge in [0.1, 0.15) is 6.04 Å². The third-order valence-electron chi connectivity index (χ3n) is 7.09. The molecule has 3 aromatic carbocycles. The Kier molecular flexibility index (Phi) is 10.9. The maximum absolute atomic E-state index is 13.8. The van der Waals surface area contributed by atoms with E-state index in [1.54, 1.807) is 11.0 Å². The van der Waals surface area contributed by atoms with Crippen molar-refractivity contribution in [3.63, 3.8) is 0 Å². The first kappa shape index (κ1) is 30.9. The van der Waals surface area contributed by atoms with Gasteiger partial charge in [0.15, 0.2) is 0 Å². The van der Waals surface area contributed by atoms with Gasteiger partial charge in [-0.15, -0.1) is 0 Å². The number of anilines is 1. The van der Waals surface area contributed by atoms with Gasteiger partial charge in [0.25, 0.3) is 0 Å². The van der Waals surface area contributed by atoms with Crippen molar-refractivity contribution in [1.29, 1.82) is 0 Å². The van der Waals surface area contributed by atoms with E-state index in [2.05, 4.69) is 5.32 Å². The van der Waals surface area contributed by atoms with Crippen molar-refractivity contribution < 1.29 is 18.0 Å². The highest BCUT2D eigenvalue weighted by Gasteiger charge is 2.30. The third-order valence-corrected chi connectivity index (χ3v) is 8.27. The maximum Gasteiger partial charge on any atom is 0.243 e. The van der Waals surface area contributed by atoms with Crippen LogP contribution >= 0.6 is 0 Å². The van der Waals surface area contributed by atoms with Gasteiger partial charge >= 0.3 is 0 Å². The van der Waals surface area contributed by atoms with Crippen LogP contribution < -0.4 is 9.62 Å². The summed E-state index contributed by atoms with van der Waals surface area (Å²) < 4.78 is 26.8. The molecule has 3 aromatic rings. The molecule has 0 radical (unpaired) electrons. The molecule has 0 aromatic heterocycles. The van der Waals surface area contributed by atoms with E-state index in [-0.39, 0.29) is 31.3 Å². The molecule has 0 unspecified atom stereocenters. The number of likely N-dealkylation sites (N-methyl/N-ethyl adjacent to an activating group) is 1. The molecular formula is C32H41N3O4S. The molecule has 0 saturated carbocycles. The molecule has 7 nitrogen and oxygen atoms in total. The molecule has 40 heavy (non-hydrogen) atoms. The summed E-state index contributed by atoms with van der Waals surface area (Å²) in [6, 6.07) is 22.5. The van der Waals surface area contributed by atoms with E-state index >= 15 is 0 Å². The zero-order valence-electron chi connectivity index (χ0n) is 24.2. The van der Waals surface area contributed by atoms with Crippen molar-refractivity contribution in [2.24, 2.45) is 0 Å². The number of benzene rings is 3. The molecule has 214 valence electrons. The Bertz CT molecular complexity index is 1390. The predicted octanol–water partition coefficient (Wildman–Crippen LogP) is 4.93. The van der Waals surface area contributed by atoms with Gasteiger partial charge in [-0.25, -0.2) is 8.42 Å². The lowest BCUT2D eigenvalue weighted by Gasteiger charge is -2.32. The second-order valence-corrected chi connectivity index (χ2v) is 12.2. The van der Waals surface area contributed by atoms with Crippen LogP contribution in [0.4, 0.5) is 5.69 Å². The van der Waals surface area contributed by atoms with E-state index in [4.69, 9.17) is 0 Å². The van der Waals surface area contributed by atoms with Crippen molar-refractivity contribution in [1.82, 2.24) is 10.2 Å². The van der Waals surface area contributed by atoms with Gasteiger partial charge in [0, 0.05) is 32.5 Å². The monoisotopic (exact) mass is 563 g/mol. The van der Waals surface area contributed by atoms with E-state index in [0.717, 1.165) is 27.8 Å². The summed E-state index contributed by atoms with van der Waals surface area (Å²) in [6.45, 7) is 8.60. The summed E-state index contributed by atoms with van der Waals surface area (Å²) >= 11 is 0. The minimum atomic E-state index is -3.56. The number of rotatable bonds is 13. The van der Waals surface area contributed by atoms with Gasteiger partial charge in [0.05, 0.1) is 11.9 Å². The fourth-order valence-corrected chi connectivity index (χ4v) is 5.74. The van der Waals surface area contributed by atoms with Gasteiger partial charge in [-0.3, -0.25) is 13.9 Å². The highest BCUT2D eigenvalue weighted by atomic mass is 32.2. The smallest absolute Gasteiger partial charge is 0.243 e. The van der Waals surface area contributed by atoms with E-state index in [0.29, 0.717) is 25.1 Å². The van der Waals surface area contributed by atoms with E-state index in [9.17, 15) is 18.0 Å². The maximum atomic E-state index is 13.8. The van der Waals surface area contributed by atoms with Crippen LogP contribution in [0, 0.1) is 20.8 Å². The quantitative estimate of drug-likeness (QED) is 0.319. The van der Waals surface area contributed by atoms with Crippen LogP contribution in [-0.2, 0) is 32.6 Å². The molecule has 0 aliphatic rings. The molecule has 3 rings (SSSR count). The van der Waals surface area contributed by atoms with Gasteiger partial charge < -0.3 is 10.2 Å². The average Bonchev–Trinajstić information content (AvgIpc) is 2.91. The molecule has 0 bridgehead atoms. The number of hydrogen-bond acceptors (Lipinski definition) is 4. The lowest BCUT2D eigenvalue weighted by atomic mass is 10.0. The molecule has 0 spiro atoms. The molecule has 8 heteroatoms. The summed E-state index contributed by atoms with van der Waals surface area (Å²) in [5.41, 5.74) is 5.50. The number of amides is 2. The Balaban J connectivity index is 1.87. The largest absolute Gasteiger partial charge is 0.355 e. The van der Waals surface area contributed by atoms with Crippen molar-refractivity contribution in [2.75, 3.05) is 23.7 Å². The summed E-state index contributed by atoms with van der Waals surface area (Å²) in [7, 11) is -3.56. The van der Waals surface area contributed by atoms with Crippen LogP contribution in [0.5, 0.6) is 0 Å². The van der Waals surface area contributed by atoms with Crippen LogP contribution in [0.15, 0.2) is 72.8 Å². The molecule has 0 aliphatic heterocycles. The summed E-state index contributed by atoms with van der Waals surface area (Å²) in [6.07, 6.45) is 1.98. The Morgan fingerprint density at radius 2 is 1.55 bits per heavy atom. The van der Waals surface area contributed by atoms with Crippen LogP contribution in [0.2, 0.25) is 0 Å². The molecule has 0 heterocycles.